The SMILES string of the molecule is COc1ccc(CCC(=O)Nc2cccc(OCc3cn4ccccc4n3)c2)cc1Cl. The number of halogens is 1. The summed E-state index contributed by atoms with van der Waals surface area (Å²) in [5.41, 5.74) is 3.37. The third-order valence-corrected chi connectivity index (χ3v) is 5.07. The van der Waals surface area contributed by atoms with Gasteiger partial charge in [0.05, 0.1) is 17.8 Å². The summed E-state index contributed by atoms with van der Waals surface area (Å²) in [7, 11) is 1.57. The molecular weight excluding hydrogens is 414 g/mol. The predicted octanol–water partition coefficient (Wildman–Crippen LogP) is 5.15. The predicted molar refractivity (Wildman–Crippen MR) is 121 cm³/mol. The molecule has 2 aromatic heterocycles. The largest absolute Gasteiger partial charge is 0.495 e. The lowest BCUT2D eigenvalue weighted by molar-refractivity contribution is -0.116. The van der Waals surface area contributed by atoms with Gasteiger partial charge in [-0.25, -0.2) is 4.98 Å². The fourth-order valence-electron chi connectivity index (χ4n) is 3.22. The van der Waals surface area contributed by atoms with E-state index >= 15 is 0 Å². The van der Waals surface area contributed by atoms with E-state index < -0.39 is 0 Å². The Morgan fingerprint density at radius 3 is 2.84 bits per heavy atom. The van der Waals surface area contributed by atoms with Gasteiger partial charge < -0.3 is 19.2 Å². The van der Waals surface area contributed by atoms with Crippen molar-refractivity contribution in [3.8, 4) is 11.5 Å². The number of carbonyl (C=O) groups is 1. The number of rotatable bonds is 8. The molecule has 0 spiro atoms. The molecule has 6 nitrogen and oxygen atoms in total. The van der Waals surface area contributed by atoms with Crippen molar-refractivity contribution >= 4 is 28.8 Å². The average Bonchev–Trinajstić information content (AvgIpc) is 3.20. The Kier molecular flexibility index (Phi) is 6.38. The maximum absolute atomic E-state index is 12.4. The molecule has 0 aliphatic heterocycles. The van der Waals surface area contributed by atoms with Gasteiger partial charge in [-0.3, -0.25) is 4.79 Å². The van der Waals surface area contributed by atoms with E-state index in [9.17, 15) is 4.79 Å². The van der Waals surface area contributed by atoms with Gasteiger partial charge in [-0.2, -0.15) is 0 Å². The third kappa shape index (κ3) is 5.35. The lowest BCUT2D eigenvalue weighted by Gasteiger charge is -2.09. The van der Waals surface area contributed by atoms with Crippen molar-refractivity contribution in [1.29, 1.82) is 0 Å². The number of imidazole rings is 1. The molecule has 2 aromatic carbocycles. The van der Waals surface area contributed by atoms with Crippen molar-refractivity contribution in [2.45, 2.75) is 19.4 Å². The number of nitrogens with one attached hydrogen (secondary N) is 1. The van der Waals surface area contributed by atoms with Crippen molar-refractivity contribution in [3.05, 3.63) is 89.3 Å². The summed E-state index contributed by atoms with van der Waals surface area (Å²) in [6.45, 7) is 0.345. The maximum Gasteiger partial charge on any atom is 0.224 e. The first-order valence-electron chi connectivity index (χ1n) is 9.88. The number of benzene rings is 2. The second-order valence-electron chi connectivity index (χ2n) is 7.03. The molecule has 0 bridgehead atoms. The van der Waals surface area contributed by atoms with Gasteiger partial charge in [-0.15, -0.1) is 0 Å². The first kappa shape index (κ1) is 20.8. The normalized spacial score (nSPS) is 10.8. The number of aromatic nitrogens is 2. The van der Waals surface area contributed by atoms with Gasteiger partial charge >= 0.3 is 0 Å². The molecule has 31 heavy (non-hydrogen) atoms. The fraction of sp³-hybridized carbons (Fsp3) is 0.167. The molecule has 1 N–H and O–H groups in total. The van der Waals surface area contributed by atoms with E-state index in [2.05, 4.69) is 10.3 Å². The smallest absolute Gasteiger partial charge is 0.224 e. The van der Waals surface area contributed by atoms with Gasteiger partial charge in [0.25, 0.3) is 0 Å². The lowest BCUT2D eigenvalue weighted by Crippen LogP contribution is -2.12. The minimum absolute atomic E-state index is 0.0792. The molecule has 1 amide bonds. The summed E-state index contributed by atoms with van der Waals surface area (Å²) in [4.78, 5) is 16.9. The first-order chi connectivity index (χ1) is 15.1. The van der Waals surface area contributed by atoms with E-state index in [-0.39, 0.29) is 5.91 Å². The quantitative estimate of drug-likeness (QED) is 0.416. The number of carbonyl (C=O) groups excluding carboxylic acids is 1. The second kappa shape index (κ2) is 9.53. The molecule has 4 rings (SSSR count). The molecule has 0 radical (unpaired) electrons. The van der Waals surface area contributed by atoms with Crippen LogP contribution < -0.4 is 14.8 Å². The Morgan fingerprint density at radius 1 is 1.13 bits per heavy atom. The zero-order chi connectivity index (χ0) is 21.6. The molecule has 4 aromatic rings. The van der Waals surface area contributed by atoms with E-state index in [4.69, 9.17) is 21.1 Å². The van der Waals surface area contributed by atoms with Crippen molar-refractivity contribution in [3.63, 3.8) is 0 Å². The number of aryl methyl sites for hydroxylation is 1. The van der Waals surface area contributed by atoms with Gasteiger partial charge in [0.2, 0.25) is 5.91 Å². The Balaban J connectivity index is 1.31. The Bertz CT molecular complexity index is 1170. The van der Waals surface area contributed by atoms with Crippen LogP contribution in [0.15, 0.2) is 73.1 Å². The number of ether oxygens (including phenoxy) is 2. The maximum atomic E-state index is 12.4. The lowest BCUT2D eigenvalue weighted by atomic mass is 10.1. The Hall–Kier alpha value is -3.51. The summed E-state index contributed by atoms with van der Waals surface area (Å²) in [6, 6.07) is 18.7. The monoisotopic (exact) mass is 435 g/mol. The second-order valence-corrected chi connectivity index (χ2v) is 7.44. The van der Waals surface area contributed by atoms with Crippen LogP contribution in [0.3, 0.4) is 0 Å². The van der Waals surface area contributed by atoms with E-state index in [1.54, 1.807) is 19.2 Å². The van der Waals surface area contributed by atoms with Gasteiger partial charge in [0, 0.05) is 30.6 Å². The van der Waals surface area contributed by atoms with Crippen LogP contribution in [-0.2, 0) is 17.8 Å². The number of hydrogen-bond donors (Lipinski definition) is 1. The molecule has 0 saturated carbocycles. The van der Waals surface area contributed by atoms with Crippen LogP contribution in [0, 0.1) is 0 Å². The van der Waals surface area contributed by atoms with E-state index in [0.29, 0.717) is 41.7 Å². The van der Waals surface area contributed by atoms with Crippen molar-refractivity contribution in [2.75, 3.05) is 12.4 Å². The van der Waals surface area contributed by atoms with Crippen LogP contribution in [0.5, 0.6) is 11.5 Å². The summed E-state index contributed by atoms with van der Waals surface area (Å²) in [6.07, 6.45) is 4.81. The van der Waals surface area contributed by atoms with Crippen LogP contribution in [0.1, 0.15) is 17.7 Å². The number of anilines is 1. The minimum atomic E-state index is -0.0792. The standard InChI is InChI=1S/C24H22ClN3O3/c1-30-22-10-8-17(13-21(22)25)9-11-24(29)27-18-5-4-6-20(14-18)31-16-19-15-28-12-3-2-7-23(28)26-19/h2-8,10,12-15H,9,11,16H2,1H3,(H,27,29). The minimum Gasteiger partial charge on any atom is -0.495 e. The van der Waals surface area contributed by atoms with Gasteiger partial charge in [-0.05, 0) is 48.4 Å². The molecule has 0 fully saturated rings. The Labute approximate surface area is 185 Å². The number of hydrogen-bond acceptors (Lipinski definition) is 4. The highest BCUT2D eigenvalue weighted by Gasteiger charge is 2.07. The molecule has 0 saturated heterocycles. The highest BCUT2D eigenvalue weighted by molar-refractivity contribution is 6.32. The van der Waals surface area contributed by atoms with Gasteiger partial charge in [0.1, 0.15) is 23.8 Å². The van der Waals surface area contributed by atoms with Crippen LogP contribution in [0.25, 0.3) is 5.65 Å². The van der Waals surface area contributed by atoms with Crippen molar-refractivity contribution in [1.82, 2.24) is 9.38 Å². The molecule has 158 valence electrons. The van der Waals surface area contributed by atoms with Crippen LogP contribution in [0.2, 0.25) is 5.02 Å². The number of methoxy groups -OCH3 is 1. The molecule has 0 atom stereocenters. The molecular formula is C24H22ClN3O3. The highest BCUT2D eigenvalue weighted by Crippen LogP contribution is 2.25. The van der Waals surface area contributed by atoms with Crippen LogP contribution in [-0.4, -0.2) is 22.4 Å². The number of pyridine rings is 1. The number of fused-ring (bicyclic) bond motifs is 1. The molecule has 0 unspecified atom stereocenters. The van der Waals surface area contributed by atoms with E-state index in [0.717, 1.165) is 16.9 Å². The number of nitrogens with zero attached hydrogens (tertiary/aromatic N) is 2. The topological polar surface area (TPSA) is 64.9 Å². The number of amides is 1. The van der Waals surface area contributed by atoms with Crippen molar-refractivity contribution in [2.24, 2.45) is 0 Å². The molecule has 7 heteroatoms. The summed E-state index contributed by atoms with van der Waals surface area (Å²) in [5, 5.41) is 3.45. The summed E-state index contributed by atoms with van der Waals surface area (Å²) >= 11 is 6.14. The molecule has 0 aliphatic carbocycles. The zero-order valence-electron chi connectivity index (χ0n) is 17.0. The third-order valence-electron chi connectivity index (χ3n) is 4.78. The van der Waals surface area contributed by atoms with E-state index in [1.165, 1.54) is 0 Å². The van der Waals surface area contributed by atoms with E-state index in [1.807, 2.05) is 65.3 Å². The van der Waals surface area contributed by atoms with Crippen LogP contribution in [0.4, 0.5) is 5.69 Å². The first-order valence-corrected chi connectivity index (χ1v) is 10.3. The summed E-state index contributed by atoms with van der Waals surface area (Å²) in [5.74, 6) is 1.21. The fourth-order valence-corrected chi connectivity index (χ4v) is 3.50. The van der Waals surface area contributed by atoms with Gasteiger partial charge in [-0.1, -0.05) is 29.8 Å². The summed E-state index contributed by atoms with van der Waals surface area (Å²) < 4.78 is 13.0. The van der Waals surface area contributed by atoms with Gasteiger partial charge in [0.15, 0.2) is 0 Å². The van der Waals surface area contributed by atoms with Crippen LogP contribution >= 0.6 is 11.6 Å². The van der Waals surface area contributed by atoms with Crippen molar-refractivity contribution < 1.29 is 14.3 Å². The molecule has 0 aliphatic rings. The zero-order valence-corrected chi connectivity index (χ0v) is 17.8. The highest BCUT2D eigenvalue weighted by atomic mass is 35.5. The molecule has 2 heterocycles. The average molecular weight is 436 g/mol. The Morgan fingerprint density at radius 2 is 2.03 bits per heavy atom.